The van der Waals surface area contributed by atoms with E-state index in [-0.39, 0.29) is 30.5 Å². The molecule has 0 fully saturated rings. The molecule has 0 bridgehead atoms. The van der Waals surface area contributed by atoms with Gasteiger partial charge in [0, 0.05) is 25.1 Å². The first-order valence-corrected chi connectivity index (χ1v) is 15.7. The zero-order valence-electron chi connectivity index (χ0n) is 23.3. The summed E-state index contributed by atoms with van der Waals surface area (Å²) in [5.41, 5.74) is 3.25. The van der Waals surface area contributed by atoms with E-state index in [2.05, 4.69) is 15.7 Å². The highest BCUT2D eigenvalue weighted by Gasteiger charge is 2.33. The summed E-state index contributed by atoms with van der Waals surface area (Å²) in [5, 5.41) is 10.2. The Balaban J connectivity index is 1.49. The fourth-order valence-electron chi connectivity index (χ4n) is 4.74. The van der Waals surface area contributed by atoms with Crippen LogP contribution >= 0.6 is 0 Å². The molecular formula is C29H33F3N4O5S. The number of hydrogen-bond acceptors (Lipinski definition) is 6. The molecule has 0 saturated heterocycles. The van der Waals surface area contributed by atoms with Gasteiger partial charge in [0.2, 0.25) is 5.91 Å². The number of benzene rings is 2. The van der Waals surface area contributed by atoms with E-state index in [0.717, 1.165) is 23.8 Å². The van der Waals surface area contributed by atoms with E-state index in [1.807, 2.05) is 37.3 Å². The molecule has 4 rings (SSSR count). The summed E-state index contributed by atoms with van der Waals surface area (Å²) in [6.45, 7) is 1.97. The lowest BCUT2D eigenvalue weighted by atomic mass is 9.96. The SMILES string of the molecule is CCc1ccc(-n2nc3c(c2NC(=O)CS(C)(=O)=O)C(=O)N[C@@H](CCc2cccc(OCCCC(F)(F)F)c2)C3)cc1. The second kappa shape index (κ2) is 13.0. The number of rotatable bonds is 12. The van der Waals surface area contributed by atoms with Gasteiger partial charge in [0.1, 0.15) is 22.9 Å². The van der Waals surface area contributed by atoms with Crippen molar-refractivity contribution in [2.24, 2.45) is 0 Å². The highest BCUT2D eigenvalue weighted by molar-refractivity contribution is 7.91. The highest BCUT2D eigenvalue weighted by atomic mass is 32.2. The largest absolute Gasteiger partial charge is 0.494 e. The van der Waals surface area contributed by atoms with Crippen LogP contribution < -0.4 is 15.4 Å². The Kier molecular flexibility index (Phi) is 9.60. The van der Waals surface area contributed by atoms with E-state index < -0.39 is 40.0 Å². The first kappa shape index (κ1) is 31.1. The molecule has 0 saturated carbocycles. The zero-order valence-corrected chi connectivity index (χ0v) is 24.1. The summed E-state index contributed by atoms with van der Waals surface area (Å²) >= 11 is 0. The molecule has 2 heterocycles. The minimum Gasteiger partial charge on any atom is -0.494 e. The van der Waals surface area contributed by atoms with Crippen LogP contribution in [0.2, 0.25) is 0 Å². The van der Waals surface area contributed by atoms with Crippen molar-refractivity contribution in [3.8, 4) is 11.4 Å². The predicted molar refractivity (Wildman–Crippen MR) is 152 cm³/mol. The fraction of sp³-hybridized carbons (Fsp3) is 0.414. The third-order valence-electron chi connectivity index (χ3n) is 6.75. The molecule has 0 aliphatic carbocycles. The van der Waals surface area contributed by atoms with Crippen molar-refractivity contribution in [3.63, 3.8) is 0 Å². The highest BCUT2D eigenvalue weighted by Crippen LogP contribution is 2.29. The molecule has 0 spiro atoms. The summed E-state index contributed by atoms with van der Waals surface area (Å²) in [4.78, 5) is 25.8. The molecule has 9 nitrogen and oxygen atoms in total. The van der Waals surface area contributed by atoms with E-state index in [4.69, 9.17) is 4.74 Å². The smallest absolute Gasteiger partial charge is 0.389 e. The summed E-state index contributed by atoms with van der Waals surface area (Å²) in [5.74, 6) is -1.37. The van der Waals surface area contributed by atoms with Gasteiger partial charge in [-0.1, -0.05) is 31.2 Å². The van der Waals surface area contributed by atoms with Gasteiger partial charge in [0.15, 0.2) is 9.84 Å². The predicted octanol–water partition coefficient (Wildman–Crippen LogP) is 4.43. The Morgan fingerprint density at radius 3 is 2.57 bits per heavy atom. The Labute approximate surface area is 242 Å². The van der Waals surface area contributed by atoms with Crippen LogP contribution in [0.5, 0.6) is 5.75 Å². The van der Waals surface area contributed by atoms with Gasteiger partial charge in [0.05, 0.1) is 18.0 Å². The molecule has 2 amide bonds. The summed E-state index contributed by atoms with van der Waals surface area (Å²) in [6.07, 6.45) is -1.97. The molecule has 1 aromatic heterocycles. The van der Waals surface area contributed by atoms with Crippen LogP contribution in [0.1, 0.15) is 53.4 Å². The number of sulfone groups is 1. The van der Waals surface area contributed by atoms with Gasteiger partial charge >= 0.3 is 6.18 Å². The van der Waals surface area contributed by atoms with Crippen molar-refractivity contribution in [1.82, 2.24) is 15.1 Å². The molecule has 0 radical (unpaired) electrons. The van der Waals surface area contributed by atoms with Crippen LogP contribution in [-0.4, -0.2) is 60.8 Å². The summed E-state index contributed by atoms with van der Waals surface area (Å²) < 4.78 is 67.4. The number of aryl methyl sites for hydroxylation is 2. The molecule has 3 aromatic rings. The van der Waals surface area contributed by atoms with E-state index in [9.17, 15) is 31.2 Å². The quantitative estimate of drug-likeness (QED) is 0.295. The molecule has 0 unspecified atom stereocenters. The third-order valence-corrected chi connectivity index (χ3v) is 7.54. The average Bonchev–Trinajstić information content (AvgIpc) is 3.27. The van der Waals surface area contributed by atoms with Crippen molar-refractivity contribution >= 4 is 27.5 Å². The van der Waals surface area contributed by atoms with Crippen molar-refractivity contribution < 1.29 is 35.9 Å². The number of ether oxygens (including phenoxy) is 1. The summed E-state index contributed by atoms with van der Waals surface area (Å²) in [7, 11) is -3.60. The van der Waals surface area contributed by atoms with Crippen molar-refractivity contribution in [3.05, 3.63) is 70.9 Å². The Bertz CT molecular complexity index is 1540. The van der Waals surface area contributed by atoms with Crippen LogP contribution in [-0.2, 0) is 33.9 Å². The number of nitrogens with zero attached hydrogens (tertiary/aromatic N) is 2. The van der Waals surface area contributed by atoms with Crippen molar-refractivity contribution in [2.45, 2.75) is 57.7 Å². The minimum absolute atomic E-state index is 0.0443. The fourth-order valence-corrected chi connectivity index (χ4v) is 5.29. The molecule has 1 aliphatic rings. The lowest BCUT2D eigenvalue weighted by molar-refractivity contribution is -0.136. The second-order valence-corrected chi connectivity index (χ2v) is 12.5. The maximum absolute atomic E-state index is 13.3. The van der Waals surface area contributed by atoms with Crippen LogP contribution in [0.25, 0.3) is 5.69 Å². The molecule has 42 heavy (non-hydrogen) atoms. The van der Waals surface area contributed by atoms with Crippen LogP contribution in [0.4, 0.5) is 19.0 Å². The maximum Gasteiger partial charge on any atom is 0.389 e. The lowest BCUT2D eigenvalue weighted by Crippen LogP contribution is -2.41. The first-order valence-electron chi connectivity index (χ1n) is 13.6. The van der Waals surface area contributed by atoms with Gasteiger partial charge in [-0.05, 0) is 61.1 Å². The number of carbonyl (C=O) groups is 2. The number of amides is 2. The number of alkyl halides is 3. The molecule has 1 atom stereocenters. The Morgan fingerprint density at radius 2 is 1.90 bits per heavy atom. The monoisotopic (exact) mass is 606 g/mol. The molecular weight excluding hydrogens is 573 g/mol. The molecule has 2 N–H and O–H groups in total. The van der Waals surface area contributed by atoms with Crippen molar-refractivity contribution in [1.29, 1.82) is 0 Å². The number of anilines is 1. The van der Waals surface area contributed by atoms with Crippen molar-refractivity contribution in [2.75, 3.05) is 23.9 Å². The zero-order chi connectivity index (χ0) is 30.5. The first-order chi connectivity index (χ1) is 19.8. The van der Waals surface area contributed by atoms with E-state index in [1.54, 1.807) is 18.2 Å². The third kappa shape index (κ3) is 8.57. The number of nitrogens with one attached hydrogen (secondary N) is 2. The van der Waals surface area contributed by atoms with Crippen LogP contribution in [0.3, 0.4) is 0 Å². The number of fused-ring (bicyclic) bond motifs is 1. The maximum atomic E-state index is 13.3. The van der Waals surface area contributed by atoms with E-state index >= 15 is 0 Å². The number of hydrogen-bond donors (Lipinski definition) is 2. The Hall–Kier alpha value is -3.87. The minimum atomic E-state index is -4.21. The molecule has 1 aliphatic heterocycles. The normalized spacial score (nSPS) is 15.2. The molecule has 226 valence electrons. The van der Waals surface area contributed by atoms with Crippen LogP contribution in [0, 0.1) is 0 Å². The van der Waals surface area contributed by atoms with Gasteiger partial charge in [-0.15, -0.1) is 0 Å². The van der Waals surface area contributed by atoms with E-state index in [0.29, 0.717) is 36.4 Å². The molecule has 13 heteroatoms. The van der Waals surface area contributed by atoms with Gasteiger partial charge < -0.3 is 15.4 Å². The second-order valence-electron chi connectivity index (χ2n) is 10.3. The van der Waals surface area contributed by atoms with Crippen LogP contribution in [0.15, 0.2) is 48.5 Å². The lowest BCUT2D eigenvalue weighted by Gasteiger charge is -2.23. The number of aromatic nitrogens is 2. The number of carbonyl (C=O) groups excluding carboxylic acids is 2. The number of halogens is 3. The summed E-state index contributed by atoms with van der Waals surface area (Å²) in [6, 6.07) is 14.3. The van der Waals surface area contributed by atoms with Gasteiger partial charge in [0.25, 0.3) is 5.91 Å². The van der Waals surface area contributed by atoms with Gasteiger partial charge in [-0.3, -0.25) is 9.59 Å². The van der Waals surface area contributed by atoms with E-state index in [1.165, 1.54) is 4.68 Å². The van der Waals surface area contributed by atoms with Gasteiger partial charge in [-0.25, -0.2) is 13.1 Å². The van der Waals surface area contributed by atoms with Gasteiger partial charge in [-0.2, -0.15) is 18.3 Å². The average molecular weight is 607 g/mol. The Morgan fingerprint density at radius 1 is 1.17 bits per heavy atom. The molecule has 2 aromatic carbocycles. The topological polar surface area (TPSA) is 119 Å². The standard InChI is InChI=1S/C29H33F3N4O5S/c1-3-19-9-12-22(13-10-19)36-27(34-25(37)18-42(2,39)40)26-24(35-36)17-21(33-28(26)38)11-8-20-6-4-7-23(16-20)41-15-5-14-29(30,31)32/h4,6-7,9-10,12-13,16,21H,3,5,8,11,14-15,17-18H2,1-2H3,(H,33,38)(H,34,37)/t21-/m0/s1.